The van der Waals surface area contributed by atoms with Crippen molar-refractivity contribution in [1.82, 2.24) is 14.5 Å². The van der Waals surface area contributed by atoms with Gasteiger partial charge in [0.2, 0.25) is 5.91 Å². The van der Waals surface area contributed by atoms with E-state index in [9.17, 15) is 9.90 Å². The number of carbonyl (C=O) groups excluding carboxylic acids is 1. The molecule has 0 radical (unpaired) electrons. The molecule has 5 heteroatoms. The largest absolute Gasteiger partial charge is 0.508 e. The Morgan fingerprint density at radius 1 is 1.14 bits per heavy atom. The number of hydrogen-bond acceptors (Lipinski definition) is 3. The first-order chi connectivity index (χ1) is 13.6. The molecule has 5 rings (SSSR count). The summed E-state index contributed by atoms with van der Waals surface area (Å²) in [4.78, 5) is 18.0. The second kappa shape index (κ2) is 6.23. The number of rotatable bonds is 3. The normalized spacial score (nSPS) is 14.4. The number of phenolic OH excluding ortho intramolecular Hbond substituents is 1. The van der Waals surface area contributed by atoms with Gasteiger partial charge in [-0.25, -0.2) is 4.98 Å². The molecular formula is C23H19N3O2. The molecule has 1 fully saturated rings. The number of carbonyl (C=O) groups is 1. The molecule has 1 aliphatic rings. The minimum atomic E-state index is -0.0290. The van der Waals surface area contributed by atoms with Gasteiger partial charge in [-0.2, -0.15) is 0 Å². The Morgan fingerprint density at radius 2 is 1.96 bits per heavy atom. The van der Waals surface area contributed by atoms with E-state index in [-0.39, 0.29) is 17.7 Å². The van der Waals surface area contributed by atoms with Gasteiger partial charge in [0.15, 0.2) is 0 Å². The predicted molar refractivity (Wildman–Crippen MR) is 110 cm³/mol. The summed E-state index contributed by atoms with van der Waals surface area (Å²) in [5.74, 6) is 0.222. The Kier molecular flexibility index (Phi) is 3.69. The van der Waals surface area contributed by atoms with Crippen LogP contribution in [0.15, 0.2) is 73.6 Å². The molecule has 28 heavy (non-hydrogen) atoms. The molecule has 4 aromatic rings. The second-order valence-corrected chi connectivity index (χ2v) is 7.17. The fraction of sp³-hybridized carbons (Fsp3) is 0.130. The van der Waals surface area contributed by atoms with Crippen LogP contribution in [0.4, 0.5) is 0 Å². The van der Waals surface area contributed by atoms with Crippen LogP contribution in [0.25, 0.3) is 32.9 Å². The molecule has 2 heterocycles. The van der Waals surface area contributed by atoms with E-state index in [2.05, 4.69) is 40.4 Å². The number of aromatic nitrogens is 2. The first-order valence-electron chi connectivity index (χ1n) is 9.24. The number of nitrogens with zero attached hydrogens (tertiary/aromatic N) is 3. The molecule has 0 atom stereocenters. The van der Waals surface area contributed by atoms with Gasteiger partial charge in [0.1, 0.15) is 5.75 Å². The topological polar surface area (TPSA) is 58.4 Å². The fourth-order valence-electron chi connectivity index (χ4n) is 3.96. The van der Waals surface area contributed by atoms with Crippen LogP contribution in [0.2, 0.25) is 0 Å². The SMILES string of the molecule is C=CC(=O)N1CC(n2cnc3cc(-c4cc(O)cc5ccccc45)ccc32)C1. The highest BCUT2D eigenvalue weighted by Crippen LogP contribution is 2.34. The summed E-state index contributed by atoms with van der Waals surface area (Å²) in [5.41, 5.74) is 3.95. The average molecular weight is 369 g/mol. The maximum atomic E-state index is 11.7. The van der Waals surface area contributed by atoms with Crippen LogP contribution >= 0.6 is 0 Å². The lowest BCUT2D eigenvalue weighted by molar-refractivity contribution is -0.131. The van der Waals surface area contributed by atoms with E-state index in [1.54, 1.807) is 17.0 Å². The quantitative estimate of drug-likeness (QED) is 0.553. The Morgan fingerprint density at radius 3 is 2.79 bits per heavy atom. The van der Waals surface area contributed by atoms with Crippen molar-refractivity contribution < 1.29 is 9.90 Å². The number of imidazole rings is 1. The Bertz CT molecular complexity index is 1240. The summed E-state index contributed by atoms with van der Waals surface area (Å²) in [5, 5.41) is 12.2. The number of amides is 1. The standard InChI is InChI=1S/C23H19N3O2/c1-2-23(28)25-12-17(13-25)26-14-24-21-10-16(7-8-22(21)26)20-11-18(27)9-15-5-3-4-6-19(15)20/h2-11,14,17,27H,1,12-13H2. The van der Waals surface area contributed by atoms with E-state index >= 15 is 0 Å². The van der Waals surface area contributed by atoms with E-state index in [0.29, 0.717) is 13.1 Å². The fourth-order valence-corrected chi connectivity index (χ4v) is 3.96. The van der Waals surface area contributed by atoms with Gasteiger partial charge >= 0.3 is 0 Å². The third-order valence-electron chi connectivity index (χ3n) is 5.47. The van der Waals surface area contributed by atoms with Crippen molar-refractivity contribution in [2.75, 3.05) is 13.1 Å². The summed E-state index contributed by atoms with van der Waals surface area (Å²) in [7, 11) is 0. The molecule has 0 spiro atoms. The lowest BCUT2D eigenvalue weighted by atomic mass is 9.97. The number of fused-ring (bicyclic) bond motifs is 2. The van der Waals surface area contributed by atoms with Gasteiger partial charge < -0.3 is 14.6 Å². The van der Waals surface area contributed by atoms with E-state index in [4.69, 9.17) is 0 Å². The average Bonchev–Trinajstić information content (AvgIpc) is 3.09. The molecule has 0 bridgehead atoms. The van der Waals surface area contributed by atoms with Crippen LogP contribution in [0.3, 0.4) is 0 Å². The molecule has 1 saturated heterocycles. The number of phenols is 1. The Labute approximate surface area is 162 Å². The molecule has 3 aromatic carbocycles. The van der Waals surface area contributed by atoms with Crippen LogP contribution in [0.1, 0.15) is 6.04 Å². The molecule has 1 N–H and O–H groups in total. The zero-order chi connectivity index (χ0) is 19.3. The van der Waals surface area contributed by atoms with Crippen molar-refractivity contribution in [3.05, 3.63) is 73.6 Å². The smallest absolute Gasteiger partial charge is 0.246 e. The number of likely N-dealkylation sites (tertiary alicyclic amines) is 1. The lowest BCUT2D eigenvalue weighted by Gasteiger charge is -2.39. The predicted octanol–water partition coefficient (Wildman–Crippen LogP) is 4.13. The van der Waals surface area contributed by atoms with E-state index < -0.39 is 0 Å². The van der Waals surface area contributed by atoms with Gasteiger partial charge in [-0.15, -0.1) is 0 Å². The monoisotopic (exact) mass is 369 g/mol. The van der Waals surface area contributed by atoms with Gasteiger partial charge in [-0.05, 0) is 52.2 Å². The van der Waals surface area contributed by atoms with Crippen LogP contribution < -0.4 is 0 Å². The molecular weight excluding hydrogens is 350 g/mol. The maximum Gasteiger partial charge on any atom is 0.246 e. The number of hydrogen-bond donors (Lipinski definition) is 1. The van der Waals surface area contributed by atoms with Crippen LogP contribution in [-0.2, 0) is 4.79 Å². The van der Waals surface area contributed by atoms with Gasteiger partial charge in [0, 0.05) is 13.1 Å². The summed E-state index contributed by atoms with van der Waals surface area (Å²) in [6, 6.07) is 18.0. The zero-order valence-electron chi connectivity index (χ0n) is 15.2. The molecule has 1 amide bonds. The van der Waals surface area contributed by atoms with Crippen molar-refractivity contribution in [1.29, 1.82) is 0 Å². The molecule has 1 aliphatic heterocycles. The third-order valence-corrected chi connectivity index (χ3v) is 5.47. The molecule has 1 aromatic heterocycles. The molecule has 5 nitrogen and oxygen atoms in total. The molecule has 0 unspecified atom stereocenters. The van der Waals surface area contributed by atoms with Crippen molar-refractivity contribution in [2.45, 2.75) is 6.04 Å². The first-order valence-corrected chi connectivity index (χ1v) is 9.24. The van der Waals surface area contributed by atoms with Crippen molar-refractivity contribution in [3.63, 3.8) is 0 Å². The van der Waals surface area contributed by atoms with Gasteiger partial charge in [-0.1, -0.05) is 36.9 Å². The molecule has 0 aliphatic carbocycles. The second-order valence-electron chi connectivity index (χ2n) is 7.17. The van der Waals surface area contributed by atoms with Crippen LogP contribution in [0.5, 0.6) is 5.75 Å². The summed E-state index contributed by atoms with van der Waals surface area (Å²) < 4.78 is 2.13. The highest BCUT2D eigenvalue weighted by molar-refractivity contribution is 5.99. The van der Waals surface area contributed by atoms with Crippen LogP contribution in [-0.4, -0.2) is 38.6 Å². The highest BCUT2D eigenvalue weighted by atomic mass is 16.3. The van der Waals surface area contributed by atoms with Crippen molar-refractivity contribution in [2.24, 2.45) is 0 Å². The van der Waals surface area contributed by atoms with Gasteiger partial charge in [0.25, 0.3) is 0 Å². The zero-order valence-corrected chi connectivity index (χ0v) is 15.2. The summed E-state index contributed by atoms with van der Waals surface area (Å²) >= 11 is 0. The van der Waals surface area contributed by atoms with E-state index in [0.717, 1.165) is 32.9 Å². The molecule has 0 saturated carbocycles. The van der Waals surface area contributed by atoms with Crippen molar-refractivity contribution in [3.8, 4) is 16.9 Å². The summed E-state index contributed by atoms with van der Waals surface area (Å²) in [6.45, 7) is 4.89. The minimum Gasteiger partial charge on any atom is -0.508 e. The van der Waals surface area contributed by atoms with Crippen LogP contribution in [0, 0.1) is 0 Å². The van der Waals surface area contributed by atoms with Crippen molar-refractivity contribution >= 4 is 27.7 Å². The van der Waals surface area contributed by atoms with E-state index in [1.165, 1.54) is 6.08 Å². The van der Waals surface area contributed by atoms with Gasteiger partial charge in [-0.3, -0.25) is 4.79 Å². The third kappa shape index (κ3) is 2.55. The number of benzene rings is 3. The minimum absolute atomic E-state index is 0.0290. The van der Waals surface area contributed by atoms with Gasteiger partial charge in [0.05, 0.1) is 23.4 Å². The first kappa shape index (κ1) is 16.6. The highest BCUT2D eigenvalue weighted by Gasteiger charge is 2.31. The van der Waals surface area contributed by atoms with E-state index in [1.807, 2.05) is 24.5 Å². The lowest BCUT2D eigenvalue weighted by Crippen LogP contribution is -2.49. The Hall–Kier alpha value is -3.60. The Balaban J connectivity index is 1.53. The molecule has 138 valence electrons. The summed E-state index contributed by atoms with van der Waals surface area (Å²) in [6.07, 6.45) is 3.20. The number of aromatic hydroxyl groups is 1. The maximum absolute atomic E-state index is 11.7.